The van der Waals surface area contributed by atoms with E-state index in [0.717, 1.165) is 6.54 Å². The summed E-state index contributed by atoms with van der Waals surface area (Å²) in [6, 6.07) is 11.4. The number of carbonyl (C=O) groups excluding carboxylic acids is 1. The number of nitrogens with zero attached hydrogens (tertiary/aromatic N) is 1. The van der Waals surface area contributed by atoms with Crippen LogP contribution >= 0.6 is 0 Å². The first kappa shape index (κ1) is 18.3. The van der Waals surface area contributed by atoms with Gasteiger partial charge in [0.1, 0.15) is 5.82 Å². The second-order valence-electron chi connectivity index (χ2n) is 6.22. The van der Waals surface area contributed by atoms with Crippen LogP contribution in [0, 0.1) is 5.82 Å². The first-order chi connectivity index (χ1) is 12.4. The van der Waals surface area contributed by atoms with Gasteiger partial charge in [0, 0.05) is 31.2 Å². The van der Waals surface area contributed by atoms with Gasteiger partial charge in [0.2, 0.25) is 0 Å². The van der Waals surface area contributed by atoms with Crippen molar-refractivity contribution in [1.29, 1.82) is 0 Å². The zero-order valence-electron chi connectivity index (χ0n) is 14.3. The van der Waals surface area contributed by atoms with Gasteiger partial charge in [-0.3, -0.25) is 9.52 Å². The highest BCUT2D eigenvalue weighted by Gasteiger charge is 2.22. The van der Waals surface area contributed by atoms with Gasteiger partial charge >= 0.3 is 0 Å². The molecule has 2 N–H and O–H groups in total. The summed E-state index contributed by atoms with van der Waals surface area (Å²) in [6.07, 6.45) is 0. The van der Waals surface area contributed by atoms with Crippen molar-refractivity contribution in [3.63, 3.8) is 0 Å². The van der Waals surface area contributed by atoms with Gasteiger partial charge in [-0.2, -0.15) is 0 Å². The highest BCUT2D eigenvalue weighted by atomic mass is 32.2. The van der Waals surface area contributed by atoms with E-state index in [9.17, 15) is 17.6 Å². The molecular weight excluding hydrogens is 357 g/mol. The molecule has 26 heavy (non-hydrogen) atoms. The van der Waals surface area contributed by atoms with Gasteiger partial charge in [0.05, 0.1) is 10.6 Å². The number of para-hydroxylation sites is 1. The van der Waals surface area contributed by atoms with Crippen LogP contribution < -0.4 is 10.0 Å². The third kappa shape index (κ3) is 4.03. The van der Waals surface area contributed by atoms with Crippen molar-refractivity contribution in [2.75, 3.05) is 24.4 Å². The average molecular weight is 377 g/mol. The van der Waals surface area contributed by atoms with E-state index in [-0.39, 0.29) is 22.5 Å². The number of piperazine rings is 1. The summed E-state index contributed by atoms with van der Waals surface area (Å²) in [7, 11) is -3.94. The number of amides is 1. The molecular formula is C18H20FN3O3S. The van der Waals surface area contributed by atoms with Crippen molar-refractivity contribution in [3.05, 3.63) is 59.9 Å². The van der Waals surface area contributed by atoms with Crippen molar-refractivity contribution in [3.8, 4) is 0 Å². The molecule has 1 aliphatic heterocycles. The molecule has 0 radical (unpaired) electrons. The fourth-order valence-electron chi connectivity index (χ4n) is 2.82. The monoisotopic (exact) mass is 377 g/mol. The number of sulfonamides is 1. The summed E-state index contributed by atoms with van der Waals surface area (Å²) < 4.78 is 40.7. The lowest BCUT2D eigenvalue weighted by atomic mass is 10.1. The lowest BCUT2D eigenvalue weighted by Gasteiger charge is -2.32. The minimum Gasteiger partial charge on any atom is -0.336 e. The van der Waals surface area contributed by atoms with Crippen LogP contribution in [0.4, 0.5) is 10.1 Å². The summed E-state index contributed by atoms with van der Waals surface area (Å²) in [4.78, 5) is 14.2. The fraction of sp³-hybridized carbons (Fsp3) is 0.278. The molecule has 1 fully saturated rings. The summed E-state index contributed by atoms with van der Waals surface area (Å²) in [5, 5.41) is 3.26. The van der Waals surface area contributed by atoms with Gasteiger partial charge in [-0.1, -0.05) is 12.1 Å². The van der Waals surface area contributed by atoms with E-state index in [2.05, 4.69) is 10.0 Å². The quantitative estimate of drug-likeness (QED) is 0.855. The number of carbonyl (C=O) groups is 1. The lowest BCUT2D eigenvalue weighted by molar-refractivity contribution is 0.0709. The minimum atomic E-state index is -3.94. The number of nitrogens with one attached hydrogen (secondary N) is 2. The molecule has 1 atom stereocenters. The Hall–Kier alpha value is -2.45. The predicted molar refractivity (Wildman–Crippen MR) is 97.0 cm³/mol. The van der Waals surface area contributed by atoms with Crippen molar-refractivity contribution < 1.29 is 17.6 Å². The average Bonchev–Trinajstić information content (AvgIpc) is 2.63. The SMILES string of the molecule is CC1CN(C(=O)c2ccc(S(=O)(=O)Nc3ccccc3F)cc2)CCN1. The molecule has 0 saturated carbocycles. The molecule has 1 unspecified atom stereocenters. The molecule has 1 heterocycles. The first-order valence-electron chi connectivity index (χ1n) is 8.27. The van der Waals surface area contributed by atoms with E-state index in [4.69, 9.17) is 0 Å². The highest BCUT2D eigenvalue weighted by molar-refractivity contribution is 7.92. The molecule has 2 aromatic carbocycles. The predicted octanol–water partition coefficient (Wildman–Crippen LogP) is 2.06. The van der Waals surface area contributed by atoms with E-state index in [0.29, 0.717) is 18.7 Å². The number of rotatable bonds is 4. The molecule has 8 heteroatoms. The molecule has 3 rings (SSSR count). The number of anilines is 1. The summed E-state index contributed by atoms with van der Waals surface area (Å²) in [6.45, 7) is 3.95. The third-order valence-corrected chi connectivity index (χ3v) is 5.57. The Kier molecular flexibility index (Phi) is 5.24. The van der Waals surface area contributed by atoms with Crippen molar-refractivity contribution >= 4 is 21.6 Å². The first-order valence-corrected chi connectivity index (χ1v) is 9.75. The Bertz CT molecular complexity index is 900. The lowest BCUT2D eigenvalue weighted by Crippen LogP contribution is -2.51. The molecule has 6 nitrogen and oxygen atoms in total. The van der Waals surface area contributed by atoms with E-state index in [1.807, 2.05) is 6.92 Å². The van der Waals surface area contributed by atoms with Gasteiger partial charge in [0.15, 0.2) is 0 Å². The molecule has 0 bridgehead atoms. The number of hydrogen-bond donors (Lipinski definition) is 2. The van der Waals surface area contributed by atoms with Crippen LogP contribution in [0.3, 0.4) is 0 Å². The van der Waals surface area contributed by atoms with Crippen LogP contribution in [-0.4, -0.2) is 44.9 Å². The molecule has 0 aliphatic carbocycles. The smallest absolute Gasteiger partial charge is 0.261 e. The maximum Gasteiger partial charge on any atom is 0.261 e. The van der Waals surface area contributed by atoms with Crippen molar-refractivity contribution in [1.82, 2.24) is 10.2 Å². The minimum absolute atomic E-state index is 0.0361. The molecule has 1 saturated heterocycles. The van der Waals surface area contributed by atoms with Crippen LogP contribution in [0.15, 0.2) is 53.4 Å². The van der Waals surface area contributed by atoms with Gasteiger partial charge in [-0.15, -0.1) is 0 Å². The van der Waals surface area contributed by atoms with Gasteiger partial charge in [-0.05, 0) is 43.3 Å². The van der Waals surface area contributed by atoms with Crippen molar-refractivity contribution in [2.45, 2.75) is 17.9 Å². The van der Waals surface area contributed by atoms with Crippen LogP contribution in [0.2, 0.25) is 0 Å². The standard InChI is InChI=1S/C18H20FN3O3S/c1-13-12-22(11-10-20-13)18(23)14-6-8-15(9-7-14)26(24,25)21-17-5-3-2-4-16(17)19/h2-9,13,20-21H,10-12H2,1H3. The van der Waals surface area contributed by atoms with Crippen LogP contribution in [0.25, 0.3) is 0 Å². The van der Waals surface area contributed by atoms with Crippen LogP contribution in [0.1, 0.15) is 17.3 Å². The van der Waals surface area contributed by atoms with Gasteiger partial charge in [0.25, 0.3) is 15.9 Å². The zero-order valence-corrected chi connectivity index (χ0v) is 15.1. The fourth-order valence-corrected chi connectivity index (χ4v) is 3.89. The zero-order chi connectivity index (χ0) is 18.7. The van der Waals surface area contributed by atoms with Gasteiger partial charge in [-0.25, -0.2) is 12.8 Å². The summed E-state index contributed by atoms with van der Waals surface area (Å²) in [5.74, 6) is -0.792. The van der Waals surface area contributed by atoms with E-state index in [1.165, 1.54) is 48.5 Å². The third-order valence-electron chi connectivity index (χ3n) is 4.19. The Balaban J connectivity index is 1.76. The topological polar surface area (TPSA) is 78.5 Å². The largest absolute Gasteiger partial charge is 0.336 e. The summed E-state index contributed by atoms with van der Waals surface area (Å²) >= 11 is 0. The van der Waals surface area contributed by atoms with E-state index in [1.54, 1.807) is 4.90 Å². The van der Waals surface area contributed by atoms with E-state index < -0.39 is 15.8 Å². The highest BCUT2D eigenvalue weighted by Crippen LogP contribution is 2.19. The Morgan fingerprint density at radius 1 is 1.19 bits per heavy atom. The molecule has 0 spiro atoms. The Morgan fingerprint density at radius 3 is 2.54 bits per heavy atom. The Labute approximate surface area is 152 Å². The summed E-state index contributed by atoms with van der Waals surface area (Å²) in [5.41, 5.74) is 0.298. The normalized spacial score (nSPS) is 17.8. The maximum absolute atomic E-state index is 13.7. The molecule has 1 amide bonds. The van der Waals surface area contributed by atoms with E-state index >= 15 is 0 Å². The second-order valence-corrected chi connectivity index (χ2v) is 7.90. The van der Waals surface area contributed by atoms with Crippen molar-refractivity contribution in [2.24, 2.45) is 0 Å². The number of benzene rings is 2. The second kappa shape index (κ2) is 7.43. The number of halogens is 1. The molecule has 138 valence electrons. The molecule has 1 aliphatic rings. The van der Waals surface area contributed by atoms with Crippen LogP contribution in [0.5, 0.6) is 0 Å². The molecule has 0 aromatic heterocycles. The molecule has 2 aromatic rings. The number of hydrogen-bond acceptors (Lipinski definition) is 4. The van der Waals surface area contributed by atoms with Crippen LogP contribution in [-0.2, 0) is 10.0 Å². The maximum atomic E-state index is 13.7. The van der Waals surface area contributed by atoms with Gasteiger partial charge < -0.3 is 10.2 Å². The Morgan fingerprint density at radius 2 is 1.88 bits per heavy atom.